The minimum absolute atomic E-state index is 0.245. The van der Waals surface area contributed by atoms with Crippen molar-refractivity contribution in [3.8, 4) is 0 Å². The lowest BCUT2D eigenvalue weighted by atomic mass is 10.4. The smallest absolute Gasteiger partial charge is 0.222 e. The molecule has 0 saturated carbocycles. The monoisotopic (exact) mass is 253 g/mol. The van der Waals surface area contributed by atoms with Gasteiger partial charge in [0.1, 0.15) is 0 Å². The van der Waals surface area contributed by atoms with E-state index < -0.39 is 0 Å². The fourth-order valence-electron chi connectivity index (χ4n) is 1.47. The van der Waals surface area contributed by atoms with Gasteiger partial charge in [-0.05, 0) is 13.8 Å². The standard InChI is InChI=1S/C9H15N7S/c1-6(2)16-8(10)12-13-9(16)17-5-7-4-15(3)14-11-7/h4,6H,5H2,1-3H3,(H2,10,12). The summed E-state index contributed by atoms with van der Waals surface area (Å²) in [5.41, 5.74) is 6.67. The van der Waals surface area contributed by atoms with Crippen molar-refractivity contribution in [2.45, 2.75) is 30.8 Å². The third-order valence-corrected chi connectivity index (χ3v) is 3.18. The molecule has 0 bridgehead atoms. The molecule has 8 heteroatoms. The highest BCUT2D eigenvalue weighted by Gasteiger charge is 2.13. The summed E-state index contributed by atoms with van der Waals surface area (Å²) in [6.07, 6.45) is 1.88. The van der Waals surface area contributed by atoms with Gasteiger partial charge in [0.2, 0.25) is 5.95 Å². The molecular weight excluding hydrogens is 238 g/mol. The van der Waals surface area contributed by atoms with Crippen molar-refractivity contribution in [2.24, 2.45) is 7.05 Å². The van der Waals surface area contributed by atoms with Crippen molar-refractivity contribution in [3.63, 3.8) is 0 Å². The second-order valence-electron chi connectivity index (χ2n) is 3.98. The molecule has 0 spiro atoms. The van der Waals surface area contributed by atoms with Gasteiger partial charge in [-0.3, -0.25) is 9.25 Å². The molecule has 0 aliphatic heterocycles. The number of hydrogen-bond acceptors (Lipinski definition) is 6. The first-order chi connectivity index (χ1) is 8.08. The molecule has 0 unspecified atom stereocenters. The van der Waals surface area contributed by atoms with Crippen LogP contribution in [0.25, 0.3) is 0 Å². The Balaban J connectivity index is 2.09. The molecule has 2 N–H and O–H groups in total. The lowest BCUT2D eigenvalue weighted by molar-refractivity contribution is 0.557. The van der Waals surface area contributed by atoms with E-state index in [0.717, 1.165) is 10.9 Å². The van der Waals surface area contributed by atoms with Crippen LogP contribution >= 0.6 is 11.8 Å². The summed E-state index contributed by atoms with van der Waals surface area (Å²) in [5, 5.41) is 16.6. The summed E-state index contributed by atoms with van der Waals surface area (Å²) in [6, 6.07) is 0.245. The summed E-state index contributed by atoms with van der Waals surface area (Å²) < 4.78 is 3.58. The highest BCUT2D eigenvalue weighted by molar-refractivity contribution is 7.98. The predicted octanol–water partition coefficient (Wildman–Crippen LogP) is 0.862. The van der Waals surface area contributed by atoms with E-state index in [1.165, 1.54) is 0 Å². The average Bonchev–Trinajstić information content (AvgIpc) is 2.82. The Hall–Kier alpha value is -1.57. The first kappa shape index (κ1) is 11.9. The molecule has 17 heavy (non-hydrogen) atoms. The topological polar surface area (TPSA) is 87.4 Å². The van der Waals surface area contributed by atoms with E-state index in [9.17, 15) is 0 Å². The molecular formula is C9H15N7S. The second kappa shape index (κ2) is 4.74. The zero-order valence-corrected chi connectivity index (χ0v) is 10.8. The van der Waals surface area contributed by atoms with Crippen LogP contribution in [-0.2, 0) is 12.8 Å². The number of nitrogens with zero attached hydrogens (tertiary/aromatic N) is 6. The number of thioether (sulfide) groups is 1. The zero-order valence-electron chi connectivity index (χ0n) is 10.0. The first-order valence-corrected chi connectivity index (χ1v) is 6.25. The van der Waals surface area contributed by atoms with E-state index in [4.69, 9.17) is 5.73 Å². The molecule has 0 aliphatic carbocycles. The Morgan fingerprint density at radius 1 is 1.35 bits per heavy atom. The molecule has 7 nitrogen and oxygen atoms in total. The Labute approximate surface area is 103 Å². The van der Waals surface area contributed by atoms with Crippen molar-refractivity contribution in [3.05, 3.63) is 11.9 Å². The van der Waals surface area contributed by atoms with Crippen molar-refractivity contribution in [1.82, 2.24) is 29.8 Å². The van der Waals surface area contributed by atoms with Crippen molar-refractivity contribution in [1.29, 1.82) is 0 Å². The number of nitrogen functional groups attached to an aromatic ring is 1. The molecule has 0 fully saturated rings. The summed E-state index contributed by atoms with van der Waals surface area (Å²) in [7, 11) is 1.84. The minimum Gasteiger partial charge on any atom is -0.368 e. The number of rotatable bonds is 4. The van der Waals surface area contributed by atoms with E-state index in [2.05, 4.69) is 20.5 Å². The van der Waals surface area contributed by atoms with Crippen molar-refractivity contribution >= 4 is 17.7 Å². The lowest BCUT2D eigenvalue weighted by Gasteiger charge is -2.10. The Morgan fingerprint density at radius 3 is 2.71 bits per heavy atom. The van der Waals surface area contributed by atoms with Crippen LogP contribution in [0, 0.1) is 0 Å². The van der Waals surface area contributed by atoms with Crippen LogP contribution < -0.4 is 5.73 Å². The van der Waals surface area contributed by atoms with Crippen molar-refractivity contribution < 1.29 is 0 Å². The molecule has 2 heterocycles. The van der Waals surface area contributed by atoms with Crippen LogP contribution in [-0.4, -0.2) is 29.8 Å². The van der Waals surface area contributed by atoms with Crippen molar-refractivity contribution in [2.75, 3.05) is 5.73 Å². The summed E-state index contributed by atoms with van der Waals surface area (Å²) in [5.74, 6) is 1.15. The molecule has 2 rings (SSSR count). The fraction of sp³-hybridized carbons (Fsp3) is 0.556. The number of hydrogen-bond donors (Lipinski definition) is 1. The van der Waals surface area contributed by atoms with Gasteiger partial charge in [-0.25, -0.2) is 0 Å². The van der Waals surface area contributed by atoms with E-state index >= 15 is 0 Å². The number of anilines is 1. The highest BCUT2D eigenvalue weighted by Crippen LogP contribution is 2.24. The Kier molecular flexibility index (Phi) is 3.32. The molecule has 92 valence electrons. The maximum Gasteiger partial charge on any atom is 0.222 e. The predicted molar refractivity (Wildman–Crippen MR) is 65.4 cm³/mol. The maximum atomic E-state index is 5.76. The zero-order chi connectivity index (χ0) is 12.4. The van der Waals surface area contributed by atoms with Gasteiger partial charge < -0.3 is 5.73 Å². The Morgan fingerprint density at radius 2 is 2.12 bits per heavy atom. The van der Waals surface area contributed by atoms with Gasteiger partial charge in [0.25, 0.3) is 0 Å². The van der Waals surface area contributed by atoms with Crippen LogP contribution in [0.15, 0.2) is 11.4 Å². The minimum atomic E-state index is 0.245. The molecule has 0 aliphatic rings. The van der Waals surface area contributed by atoms with Gasteiger partial charge in [-0.1, -0.05) is 17.0 Å². The molecule has 0 radical (unpaired) electrons. The maximum absolute atomic E-state index is 5.76. The largest absolute Gasteiger partial charge is 0.368 e. The third kappa shape index (κ3) is 2.57. The number of aryl methyl sites for hydroxylation is 1. The van der Waals surface area contributed by atoms with E-state index in [1.807, 2.05) is 31.7 Å². The van der Waals surface area contributed by atoms with Gasteiger partial charge in [0, 0.05) is 25.0 Å². The SMILES string of the molecule is CC(C)n1c(N)nnc1SCc1cn(C)nn1. The van der Waals surface area contributed by atoms with Crippen LogP contribution in [0.1, 0.15) is 25.6 Å². The van der Waals surface area contributed by atoms with Crippen LogP contribution in [0.4, 0.5) is 5.95 Å². The van der Waals surface area contributed by atoms with E-state index in [1.54, 1.807) is 16.4 Å². The van der Waals surface area contributed by atoms with Gasteiger partial charge >= 0.3 is 0 Å². The first-order valence-electron chi connectivity index (χ1n) is 5.26. The highest BCUT2D eigenvalue weighted by atomic mass is 32.2. The number of nitrogens with two attached hydrogens (primary N) is 1. The van der Waals surface area contributed by atoms with E-state index in [0.29, 0.717) is 11.7 Å². The summed E-state index contributed by atoms with van der Waals surface area (Å²) in [4.78, 5) is 0. The second-order valence-corrected chi connectivity index (χ2v) is 4.92. The molecule has 2 aromatic rings. The molecule has 0 amide bonds. The van der Waals surface area contributed by atoms with Crippen LogP contribution in [0.3, 0.4) is 0 Å². The normalized spacial score (nSPS) is 11.3. The van der Waals surface area contributed by atoms with Gasteiger partial charge in [0.05, 0.1) is 5.69 Å². The van der Waals surface area contributed by atoms with Gasteiger partial charge in [0.15, 0.2) is 5.16 Å². The van der Waals surface area contributed by atoms with Crippen LogP contribution in [0.2, 0.25) is 0 Å². The van der Waals surface area contributed by atoms with E-state index in [-0.39, 0.29) is 6.04 Å². The fourth-order valence-corrected chi connectivity index (χ4v) is 2.42. The van der Waals surface area contributed by atoms with Gasteiger partial charge in [-0.2, -0.15) is 0 Å². The van der Waals surface area contributed by atoms with Gasteiger partial charge in [-0.15, -0.1) is 15.3 Å². The average molecular weight is 253 g/mol. The molecule has 2 aromatic heterocycles. The summed E-state index contributed by atoms with van der Waals surface area (Å²) in [6.45, 7) is 4.10. The molecule has 0 saturated heterocycles. The van der Waals surface area contributed by atoms with Crippen LogP contribution in [0.5, 0.6) is 0 Å². The number of aromatic nitrogens is 6. The lowest BCUT2D eigenvalue weighted by Crippen LogP contribution is -2.07. The quantitative estimate of drug-likeness (QED) is 0.813. The molecule has 0 atom stereocenters. The summed E-state index contributed by atoms with van der Waals surface area (Å²) >= 11 is 1.56. The Bertz CT molecular complexity index is 501. The molecule has 0 aromatic carbocycles. The third-order valence-electron chi connectivity index (χ3n) is 2.21.